The van der Waals surface area contributed by atoms with E-state index in [0.29, 0.717) is 0 Å². The van der Waals surface area contributed by atoms with Crippen LogP contribution < -0.4 is 10.0 Å². The SMILES string of the molecule is SNC(c1ccccc1)C(NCCCC1=CCC=CC1)c1ccccc1. The van der Waals surface area contributed by atoms with Crippen molar-refractivity contribution in [1.29, 1.82) is 0 Å². The van der Waals surface area contributed by atoms with Crippen molar-refractivity contribution in [2.24, 2.45) is 0 Å². The number of nitrogens with one attached hydrogen (secondary N) is 2. The van der Waals surface area contributed by atoms with Gasteiger partial charge in [0.05, 0.1) is 12.1 Å². The van der Waals surface area contributed by atoms with Crippen molar-refractivity contribution in [2.75, 3.05) is 6.54 Å². The van der Waals surface area contributed by atoms with Crippen LogP contribution in [0.1, 0.15) is 48.9 Å². The number of hydrogen-bond donors (Lipinski definition) is 3. The van der Waals surface area contributed by atoms with E-state index in [9.17, 15) is 0 Å². The zero-order chi connectivity index (χ0) is 18.0. The summed E-state index contributed by atoms with van der Waals surface area (Å²) in [6, 6.07) is 21.5. The second kappa shape index (κ2) is 10.4. The van der Waals surface area contributed by atoms with Crippen molar-refractivity contribution >= 4 is 12.8 Å². The summed E-state index contributed by atoms with van der Waals surface area (Å²) in [5, 5.41) is 3.77. The fourth-order valence-corrected chi connectivity index (χ4v) is 3.81. The first-order valence-electron chi connectivity index (χ1n) is 9.44. The molecule has 1 aliphatic carbocycles. The average molecular weight is 365 g/mol. The molecule has 3 heteroatoms. The second-order valence-electron chi connectivity index (χ2n) is 6.74. The molecule has 136 valence electrons. The zero-order valence-corrected chi connectivity index (χ0v) is 16.0. The second-order valence-corrected chi connectivity index (χ2v) is 7.00. The van der Waals surface area contributed by atoms with Gasteiger partial charge in [-0.05, 0) is 43.4 Å². The Morgan fingerprint density at radius 2 is 1.50 bits per heavy atom. The number of rotatable bonds is 9. The highest BCUT2D eigenvalue weighted by Crippen LogP contribution is 2.29. The maximum atomic E-state index is 4.44. The van der Waals surface area contributed by atoms with Gasteiger partial charge in [-0.15, -0.1) is 0 Å². The molecule has 0 saturated carbocycles. The van der Waals surface area contributed by atoms with E-state index in [2.05, 4.69) is 102 Å². The van der Waals surface area contributed by atoms with Crippen molar-refractivity contribution in [3.8, 4) is 0 Å². The monoisotopic (exact) mass is 364 g/mol. The molecule has 0 saturated heterocycles. The highest BCUT2D eigenvalue weighted by Gasteiger charge is 2.23. The third kappa shape index (κ3) is 5.34. The number of allylic oxidation sites excluding steroid dienone is 4. The van der Waals surface area contributed by atoms with Gasteiger partial charge in [0.25, 0.3) is 0 Å². The van der Waals surface area contributed by atoms with Crippen LogP contribution in [-0.2, 0) is 0 Å². The number of thiol groups is 1. The molecule has 3 rings (SSSR count). The van der Waals surface area contributed by atoms with E-state index in [1.807, 2.05) is 0 Å². The molecule has 0 aromatic heterocycles. The zero-order valence-electron chi connectivity index (χ0n) is 15.1. The molecule has 1 aliphatic rings. The van der Waals surface area contributed by atoms with Crippen molar-refractivity contribution in [3.05, 3.63) is 95.6 Å². The average Bonchev–Trinajstić information content (AvgIpc) is 2.72. The maximum absolute atomic E-state index is 4.44. The molecule has 0 fully saturated rings. The van der Waals surface area contributed by atoms with Crippen LogP contribution in [0.25, 0.3) is 0 Å². The molecule has 2 aromatic rings. The Balaban J connectivity index is 1.66. The summed E-state index contributed by atoms with van der Waals surface area (Å²) in [7, 11) is 0. The summed E-state index contributed by atoms with van der Waals surface area (Å²) in [5.74, 6) is 0. The fourth-order valence-electron chi connectivity index (χ4n) is 3.52. The van der Waals surface area contributed by atoms with E-state index in [1.165, 1.54) is 17.5 Å². The smallest absolute Gasteiger partial charge is 0.0614 e. The summed E-state index contributed by atoms with van der Waals surface area (Å²) in [5.41, 5.74) is 4.09. The Morgan fingerprint density at radius 3 is 2.08 bits per heavy atom. The van der Waals surface area contributed by atoms with E-state index in [4.69, 9.17) is 0 Å². The summed E-state index contributed by atoms with van der Waals surface area (Å²) < 4.78 is 3.22. The first kappa shape index (κ1) is 19.0. The van der Waals surface area contributed by atoms with Crippen molar-refractivity contribution in [2.45, 2.75) is 37.8 Å². The number of benzene rings is 2. The fraction of sp³-hybridized carbons (Fsp3) is 0.304. The molecule has 2 atom stereocenters. The molecule has 0 heterocycles. The van der Waals surface area contributed by atoms with E-state index in [1.54, 1.807) is 5.57 Å². The van der Waals surface area contributed by atoms with Crippen LogP contribution in [0.2, 0.25) is 0 Å². The van der Waals surface area contributed by atoms with Gasteiger partial charge in [-0.25, -0.2) is 0 Å². The molecular formula is C23H28N2S. The van der Waals surface area contributed by atoms with E-state index < -0.39 is 0 Å². The molecule has 0 aliphatic heterocycles. The molecule has 2 N–H and O–H groups in total. The van der Waals surface area contributed by atoms with Gasteiger partial charge in [0.15, 0.2) is 0 Å². The topological polar surface area (TPSA) is 24.1 Å². The summed E-state index contributed by atoms with van der Waals surface area (Å²) in [4.78, 5) is 0. The largest absolute Gasteiger partial charge is 0.308 e. The van der Waals surface area contributed by atoms with Crippen LogP contribution in [0.4, 0.5) is 0 Å². The Labute approximate surface area is 163 Å². The molecule has 26 heavy (non-hydrogen) atoms. The van der Waals surface area contributed by atoms with Gasteiger partial charge in [-0.1, -0.05) is 97.3 Å². The third-order valence-corrected chi connectivity index (χ3v) is 5.20. The van der Waals surface area contributed by atoms with Crippen LogP contribution in [0, 0.1) is 0 Å². The lowest BCUT2D eigenvalue weighted by Gasteiger charge is -2.28. The van der Waals surface area contributed by atoms with Gasteiger partial charge >= 0.3 is 0 Å². The van der Waals surface area contributed by atoms with E-state index >= 15 is 0 Å². The third-order valence-electron chi connectivity index (χ3n) is 4.92. The highest BCUT2D eigenvalue weighted by atomic mass is 32.1. The minimum absolute atomic E-state index is 0.110. The Morgan fingerprint density at radius 1 is 0.846 bits per heavy atom. The molecule has 2 unspecified atom stereocenters. The first-order valence-corrected chi connectivity index (χ1v) is 9.89. The minimum atomic E-state index is 0.110. The van der Waals surface area contributed by atoms with Gasteiger partial charge in [0, 0.05) is 0 Å². The van der Waals surface area contributed by atoms with Crippen LogP contribution in [0.5, 0.6) is 0 Å². The molecule has 2 nitrogen and oxygen atoms in total. The Bertz CT molecular complexity index is 710. The Kier molecular flexibility index (Phi) is 7.56. The van der Waals surface area contributed by atoms with Crippen molar-refractivity contribution in [1.82, 2.24) is 10.0 Å². The lowest BCUT2D eigenvalue weighted by molar-refractivity contribution is 0.432. The predicted octanol–water partition coefficient (Wildman–Crippen LogP) is 5.55. The molecule has 0 amide bonds. The highest BCUT2D eigenvalue weighted by molar-refractivity contribution is 7.78. The van der Waals surface area contributed by atoms with Gasteiger partial charge in [0.1, 0.15) is 0 Å². The van der Waals surface area contributed by atoms with Gasteiger partial charge in [-0.3, -0.25) is 4.72 Å². The summed E-state index contributed by atoms with van der Waals surface area (Å²) >= 11 is 4.44. The van der Waals surface area contributed by atoms with Gasteiger partial charge < -0.3 is 5.32 Å². The van der Waals surface area contributed by atoms with Gasteiger partial charge in [0.2, 0.25) is 0 Å². The molecule has 0 radical (unpaired) electrons. The summed E-state index contributed by atoms with van der Waals surface area (Å²) in [6.45, 7) is 0.986. The van der Waals surface area contributed by atoms with Crippen LogP contribution >= 0.6 is 12.8 Å². The number of hydrogen-bond acceptors (Lipinski definition) is 3. The summed E-state index contributed by atoms with van der Waals surface area (Å²) in [6.07, 6.45) is 11.4. The van der Waals surface area contributed by atoms with E-state index in [0.717, 1.165) is 25.8 Å². The van der Waals surface area contributed by atoms with Crippen molar-refractivity contribution in [3.63, 3.8) is 0 Å². The maximum Gasteiger partial charge on any atom is 0.0614 e. The molecule has 0 bridgehead atoms. The standard InChI is InChI=1S/C23H28N2S/c26-25-23(21-16-8-3-9-17-21)22(20-14-6-2-7-15-20)24-18-10-13-19-11-4-1-5-12-19/h1-4,6-9,12,14-17,22-26H,5,10-11,13,18H2. The first-order chi connectivity index (χ1) is 12.9. The lowest BCUT2D eigenvalue weighted by atomic mass is 9.93. The van der Waals surface area contributed by atoms with Gasteiger partial charge in [-0.2, -0.15) is 0 Å². The molecule has 2 aromatic carbocycles. The normalized spacial score (nSPS) is 16.1. The predicted molar refractivity (Wildman–Crippen MR) is 114 cm³/mol. The van der Waals surface area contributed by atoms with Crippen LogP contribution in [-0.4, -0.2) is 6.54 Å². The minimum Gasteiger partial charge on any atom is -0.308 e. The van der Waals surface area contributed by atoms with E-state index in [-0.39, 0.29) is 12.1 Å². The Hall–Kier alpha value is -1.81. The van der Waals surface area contributed by atoms with Crippen molar-refractivity contribution < 1.29 is 0 Å². The quantitative estimate of drug-likeness (QED) is 0.309. The van der Waals surface area contributed by atoms with Crippen LogP contribution in [0.3, 0.4) is 0 Å². The molecule has 0 spiro atoms. The lowest BCUT2D eigenvalue weighted by Crippen LogP contribution is -2.32. The van der Waals surface area contributed by atoms with Crippen LogP contribution in [0.15, 0.2) is 84.5 Å². The molecular weight excluding hydrogens is 336 g/mol.